The van der Waals surface area contributed by atoms with Crippen molar-refractivity contribution in [2.45, 2.75) is 70.5 Å². The predicted molar refractivity (Wildman–Crippen MR) is 74.2 cm³/mol. The van der Waals surface area contributed by atoms with Crippen molar-refractivity contribution >= 4 is 0 Å². The highest BCUT2D eigenvalue weighted by Crippen LogP contribution is 2.35. The molecule has 1 saturated heterocycles. The minimum absolute atomic E-state index is 0.00863. The molecule has 3 nitrogen and oxygen atoms in total. The fourth-order valence-corrected chi connectivity index (χ4v) is 3.72. The van der Waals surface area contributed by atoms with Gasteiger partial charge in [0, 0.05) is 18.6 Å². The summed E-state index contributed by atoms with van der Waals surface area (Å²) in [6, 6.07) is 3.57. The molecule has 0 bridgehead atoms. The molecule has 1 unspecified atom stereocenters. The van der Waals surface area contributed by atoms with Crippen LogP contribution in [0.5, 0.6) is 0 Å². The van der Waals surface area contributed by atoms with Crippen LogP contribution in [0.2, 0.25) is 0 Å². The third-order valence-corrected chi connectivity index (χ3v) is 4.47. The van der Waals surface area contributed by atoms with E-state index in [-0.39, 0.29) is 6.04 Å². The zero-order chi connectivity index (χ0) is 13.0. The van der Waals surface area contributed by atoms with E-state index in [1.165, 1.54) is 45.1 Å². The van der Waals surface area contributed by atoms with Crippen molar-refractivity contribution in [3.05, 3.63) is 0 Å². The fraction of sp³-hybridized carbons (Fsp3) is 0.933. The van der Waals surface area contributed by atoms with Crippen molar-refractivity contribution < 1.29 is 0 Å². The standard InChI is InChI=1S/C15H27N3/c1-12(2)17-14(10-16)11-18-9-5-7-13-6-3-4-8-15(13)18/h12-15,17H,3-9,11H2,1-2H3/t13-,14?,15-/m1/s1. The Morgan fingerprint density at radius 2 is 1.94 bits per heavy atom. The molecule has 2 aliphatic rings. The van der Waals surface area contributed by atoms with Crippen LogP contribution in [0.1, 0.15) is 52.4 Å². The summed E-state index contributed by atoms with van der Waals surface area (Å²) in [5.74, 6) is 0.908. The zero-order valence-electron chi connectivity index (χ0n) is 11.9. The predicted octanol–water partition coefficient (Wildman–Crippen LogP) is 2.53. The second-order valence-corrected chi connectivity index (χ2v) is 6.25. The van der Waals surface area contributed by atoms with Crippen molar-refractivity contribution in [1.82, 2.24) is 10.2 Å². The van der Waals surface area contributed by atoms with Crippen LogP contribution < -0.4 is 5.32 Å². The molecule has 1 N–H and O–H groups in total. The van der Waals surface area contributed by atoms with Gasteiger partial charge in [-0.05, 0) is 52.0 Å². The second-order valence-electron chi connectivity index (χ2n) is 6.25. The molecule has 18 heavy (non-hydrogen) atoms. The molecule has 2 rings (SSSR count). The molecule has 1 saturated carbocycles. The van der Waals surface area contributed by atoms with Gasteiger partial charge in [-0.1, -0.05) is 12.8 Å². The van der Waals surface area contributed by atoms with E-state index in [1.54, 1.807) is 0 Å². The quantitative estimate of drug-likeness (QED) is 0.832. The van der Waals surface area contributed by atoms with E-state index in [4.69, 9.17) is 0 Å². The van der Waals surface area contributed by atoms with Crippen LogP contribution in [-0.2, 0) is 0 Å². The minimum Gasteiger partial charge on any atom is -0.299 e. The normalized spacial score (nSPS) is 30.8. The fourth-order valence-electron chi connectivity index (χ4n) is 3.72. The van der Waals surface area contributed by atoms with Gasteiger partial charge in [0.1, 0.15) is 6.04 Å². The Balaban J connectivity index is 1.92. The molecule has 1 heterocycles. The topological polar surface area (TPSA) is 39.1 Å². The van der Waals surface area contributed by atoms with E-state index in [1.807, 2.05) is 0 Å². The van der Waals surface area contributed by atoms with Gasteiger partial charge in [0.15, 0.2) is 0 Å². The molecule has 1 aliphatic heterocycles. The third-order valence-electron chi connectivity index (χ3n) is 4.47. The number of piperidine rings is 1. The number of rotatable bonds is 4. The van der Waals surface area contributed by atoms with Gasteiger partial charge in [-0.2, -0.15) is 5.26 Å². The summed E-state index contributed by atoms with van der Waals surface area (Å²) < 4.78 is 0. The highest BCUT2D eigenvalue weighted by atomic mass is 15.2. The maximum atomic E-state index is 9.26. The molecular weight excluding hydrogens is 222 g/mol. The lowest BCUT2D eigenvalue weighted by atomic mass is 9.78. The summed E-state index contributed by atoms with van der Waals surface area (Å²) in [6.07, 6.45) is 8.30. The number of fused-ring (bicyclic) bond motifs is 1. The molecule has 0 aromatic heterocycles. The Morgan fingerprint density at radius 1 is 1.22 bits per heavy atom. The monoisotopic (exact) mass is 249 g/mol. The molecule has 1 aliphatic carbocycles. The van der Waals surface area contributed by atoms with E-state index < -0.39 is 0 Å². The summed E-state index contributed by atoms with van der Waals surface area (Å²) in [6.45, 7) is 6.34. The van der Waals surface area contributed by atoms with Gasteiger partial charge in [-0.3, -0.25) is 10.2 Å². The van der Waals surface area contributed by atoms with E-state index in [9.17, 15) is 5.26 Å². The molecule has 0 aromatic carbocycles. The van der Waals surface area contributed by atoms with Crippen LogP contribution in [0, 0.1) is 17.2 Å². The van der Waals surface area contributed by atoms with E-state index >= 15 is 0 Å². The molecule has 3 heteroatoms. The van der Waals surface area contributed by atoms with E-state index in [2.05, 4.69) is 30.1 Å². The van der Waals surface area contributed by atoms with Crippen LogP contribution in [-0.4, -0.2) is 36.1 Å². The number of nitriles is 1. The summed E-state index contributed by atoms with van der Waals surface area (Å²) in [5, 5.41) is 12.6. The van der Waals surface area contributed by atoms with Crippen molar-refractivity contribution in [1.29, 1.82) is 5.26 Å². The Bertz CT molecular complexity index is 293. The van der Waals surface area contributed by atoms with E-state index in [0.29, 0.717) is 6.04 Å². The van der Waals surface area contributed by atoms with Crippen LogP contribution >= 0.6 is 0 Å². The van der Waals surface area contributed by atoms with Crippen molar-refractivity contribution in [2.75, 3.05) is 13.1 Å². The van der Waals surface area contributed by atoms with Crippen molar-refractivity contribution in [3.63, 3.8) is 0 Å². The number of likely N-dealkylation sites (tertiary alicyclic amines) is 1. The molecule has 0 radical (unpaired) electrons. The zero-order valence-corrected chi connectivity index (χ0v) is 11.9. The third kappa shape index (κ3) is 3.46. The molecular formula is C15H27N3. The van der Waals surface area contributed by atoms with Gasteiger partial charge in [0.05, 0.1) is 6.07 Å². The molecule has 0 aromatic rings. The number of nitrogens with one attached hydrogen (secondary N) is 1. The maximum Gasteiger partial charge on any atom is 0.108 e. The molecule has 0 amide bonds. The average Bonchev–Trinajstić information content (AvgIpc) is 2.38. The largest absolute Gasteiger partial charge is 0.299 e. The lowest BCUT2D eigenvalue weighted by molar-refractivity contribution is 0.0566. The van der Waals surface area contributed by atoms with Gasteiger partial charge in [-0.15, -0.1) is 0 Å². The first kappa shape index (κ1) is 13.8. The Kier molecular flexibility index (Phi) is 5.03. The van der Waals surface area contributed by atoms with Crippen LogP contribution in [0.4, 0.5) is 0 Å². The smallest absolute Gasteiger partial charge is 0.108 e. The van der Waals surface area contributed by atoms with Gasteiger partial charge in [0.25, 0.3) is 0 Å². The summed E-state index contributed by atoms with van der Waals surface area (Å²) in [7, 11) is 0. The Morgan fingerprint density at radius 3 is 2.67 bits per heavy atom. The van der Waals surface area contributed by atoms with Crippen molar-refractivity contribution in [2.24, 2.45) is 5.92 Å². The lowest BCUT2D eigenvalue weighted by Gasteiger charge is -2.44. The highest BCUT2D eigenvalue weighted by Gasteiger charge is 2.33. The van der Waals surface area contributed by atoms with Crippen LogP contribution in [0.15, 0.2) is 0 Å². The molecule has 0 spiro atoms. The first-order valence-corrected chi connectivity index (χ1v) is 7.60. The second kappa shape index (κ2) is 6.54. The number of nitrogens with zero attached hydrogens (tertiary/aromatic N) is 2. The Labute approximate surface area is 112 Å². The first-order chi connectivity index (χ1) is 8.70. The van der Waals surface area contributed by atoms with Gasteiger partial charge >= 0.3 is 0 Å². The maximum absolute atomic E-state index is 9.26. The first-order valence-electron chi connectivity index (χ1n) is 7.60. The molecule has 102 valence electrons. The number of hydrogen-bond donors (Lipinski definition) is 1. The average molecular weight is 249 g/mol. The Hall–Kier alpha value is -0.590. The SMILES string of the molecule is CC(C)NC(C#N)CN1CCC[C@H]2CCCC[C@H]21. The minimum atomic E-state index is -0.00863. The summed E-state index contributed by atoms with van der Waals surface area (Å²) in [5.41, 5.74) is 0. The summed E-state index contributed by atoms with van der Waals surface area (Å²) in [4.78, 5) is 2.59. The lowest BCUT2D eigenvalue weighted by Crippen LogP contribution is -2.52. The molecule has 3 atom stereocenters. The van der Waals surface area contributed by atoms with Crippen LogP contribution in [0.3, 0.4) is 0 Å². The highest BCUT2D eigenvalue weighted by molar-refractivity contribution is 4.96. The molecule has 2 fully saturated rings. The van der Waals surface area contributed by atoms with Crippen LogP contribution in [0.25, 0.3) is 0 Å². The van der Waals surface area contributed by atoms with Gasteiger partial charge < -0.3 is 0 Å². The van der Waals surface area contributed by atoms with Gasteiger partial charge in [0.2, 0.25) is 0 Å². The summed E-state index contributed by atoms with van der Waals surface area (Å²) >= 11 is 0. The van der Waals surface area contributed by atoms with Gasteiger partial charge in [-0.25, -0.2) is 0 Å². The van der Waals surface area contributed by atoms with E-state index in [0.717, 1.165) is 18.5 Å². The van der Waals surface area contributed by atoms with Crippen molar-refractivity contribution in [3.8, 4) is 6.07 Å². The number of hydrogen-bond acceptors (Lipinski definition) is 3.